The fraction of sp³-hybridized carbons (Fsp3) is 0.750. The Kier molecular flexibility index (Phi) is 5.17. The number of aryl methyl sites for hydroxylation is 1. The van der Waals surface area contributed by atoms with E-state index in [9.17, 15) is 0 Å². The van der Waals surface area contributed by atoms with Crippen molar-refractivity contribution in [2.45, 2.75) is 32.0 Å². The normalized spacial score (nSPS) is 22.1. The first kappa shape index (κ1) is 14.0. The van der Waals surface area contributed by atoms with Gasteiger partial charge in [-0.1, -0.05) is 6.92 Å². The van der Waals surface area contributed by atoms with E-state index >= 15 is 0 Å². The summed E-state index contributed by atoms with van der Waals surface area (Å²) in [5, 5.41) is 7.72. The van der Waals surface area contributed by atoms with Gasteiger partial charge in [-0.2, -0.15) is 5.10 Å². The van der Waals surface area contributed by atoms with Crippen molar-refractivity contribution in [3.63, 3.8) is 0 Å². The van der Waals surface area contributed by atoms with Crippen LogP contribution in [0.3, 0.4) is 0 Å². The average molecular weight is 318 g/mol. The lowest BCUT2D eigenvalue weighted by atomic mass is 10.1. The second kappa shape index (κ2) is 6.65. The lowest BCUT2D eigenvalue weighted by Crippen LogP contribution is -2.40. The molecule has 2 unspecified atom stereocenters. The topological polar surface area (TPSA) is 48.3 Å². The lowest BCUT2D eigenvalue weighted by molar-refractivity contribution is -0.102. The fourth-order valence-corrected chi connectivity index (χ4v) is 2.81. The predicted molar refractivity (Wildman–Crippen MR) is 72.6 cm³/mol. The van der Waals surface area contributed by atoms with Crippen LogP contribution in [-0.2, 0) is 16.0 Å². The third-order valence-corrected chi connectivity index (χ3v) is 3.70. The summed E-state index contributed by atoms with van der Waals surface area (Å²) in [6.45, 7) is 5.01. The van der Waals surface area contributed by atoms with E-state index in [0.717, 1.165) is 23.1 Å². The minimum absolute atomic E-state index is 0.0346. The smallest absolute Gasteiger partial charge is 0.102 e. The van der Waals surface area contributed by atoms with Crippen LogP contribution in [0.2, 0.25) is 0 Å². The molecule has 1 aromatic rings. The van der Waals surface area contributed by atoms with Gasteiger partial charge in [-0.15, -0.1) is 0 Å². The molecule has 0 saturated carbocycles. The molecule has 1 aliphatic rings. The van der Waals surface area contributed by atoms with Crippen molar-refractivity contribution >= 4 is 15.9 Å². The molecular formula is C12H20BrN3O2. The summed E-state index contributed by atoms with van der Waals surface area (Å²) >= 11 is 3.58. The predicted octanol–water partition coefficient (Wildman–Crippen LogP) is 1.73. The van der Waals surface area contributed by atoms with Gasteiger partial charge in [0.1, 0.15) is 6.10 Å². The molecule has 2 heterocycles. The zero-order valence-corrected chi connectivity index (χ0v) is 12.4. The molecule has 0 radical (unpaired) electrons. The first-order chi connectivity index (χ1) is 8.77. The van der Waals surface area contributed by atoms with E-state index in [-0.39, 0.29) is 12.1 Å². The minimum Gasteiger partial charge on any atom is -0.376 e. The molecule has 1 saturated heterocycles. The summed E-state index contributed by atoms with van der Waals surface area (Å²) in [6.07, 6.45) is 2.94. The van der Waals surface area contributed by atoms with Crippen molar-refractivity contribution in [1.29, 1.82) is 0 Å². The van der Waals surface area contributed by atoms with Gasteiger partial charge in [0.25, 0.3) is 0 Å². The monoisotopic (exact) mass is 317 g/mol. The van der Waals surface area contributed by atoms with Crippen LogP contribution in [-0.4, -0.2) is 42.8 Å². The molecule has 0 amide bonds. The third-order valence-electron chi connectivity index (χ3n) is 3.09. The van der Waals surface area contributed by atoms with Gasteiger partial charge in [-0.3, -0.25) is 4.68 Å². The first-order valence-corrected chi connectivity index (χ1v) is 7.15. The molecular weight excluding hydrogens is 298 g/mol. The zero-order valence-electron chi connectivity index (χ0n) is 10.9. The Bertz CT molecular complexity index is 377. The van der Waals surface area contributed by atoms with Crippen LogP contribution in [0.5, 0.6) is 0 Å². The largest absolute Gasteiger partial charge is 0.376 e. The van der Waals surface area contributed by atoms with Crippen LogP contribution in [0, 0.1) is 0 Å². The maximum absolute atomic E-state index is 5.79. The molecule has 1 aromatic heterocycles. The van der Waals surface area contributed by atoms with Crippen molar-refractivity contribution in [1.82, 2.24) is 15.1 Å². The number of ether oxygens (including phenoxy) is 2. The van der Waals surface area contributed by atoms with Gasteiger partial charge >= 0.3 is 0 Å². The Morgan fingerprint density at radius 1 is 1.61 bits per heavy atom. The van der Waals surface area contributed by atoms with Crippen LogP contribution in [0.25, 0.3) is 0 Å². The maximum atomic E-state index is 5.79. The van der Waals surface area contributed by atoms with Gasteiger partial charge in [-0.25, -0.2) is 0 Å². The Morgan fingerprint density at radius 3 is 3.06 bits per heavy atom. The number of nitrogens with zero attached hydrogens (tertiary/aromatic N) is 2. The molecule has 5 nitrogen and oxygen atoms in total. The zero-order chi connectivity index (χ0) is 13.0. The van der Waals surface area contributed by atoms with Crippen molar-refractivity contribution < 1.29 is 9.47 Å². The number of hydrogen-bond donors (Lipinski definition) is 1. The van der Waals surface area contributed by atoms with E-state index in [2.05, 4.69) is 33.3 Å². The standard InChI is InChI=1S/C12H20BrN3O2/c1-3-4-16-12(9(13)7-15-16)11(14-2)10-8-17-5-6-18-10/h7,10-11,14H,3-6,8H2,1-2H3. The number of halogens is 1. The number of rotatable bonds is 5. The Morgan fingerprint density at radius 2 is 2.44 bits per heavy atom. The van der Waals surface area contributed by atoms with Crippen LogP contribution in [0.15, 0.2) is 10.7 Å². The molecule has 2 atom stereocenters. The highest BCUT2D eigenvalue weighted by Crippen LogP contribution is 2.28. The van der Waals surface area contributed by atoms with Crippen molar-refractivity contribution in [2.75, 3.05) is 26.9 Å². The lowest BCUT2D eigenvalue weighted by Gasteiger charge is -2.30. The highest BCUT2D eigenvalue weighted by molar-refractivity contribution is 9.10. The highest BCUT2D eigenvalue weighted by atomic mass is 79.9. The minimum atomic E-state index is 0.0346. The van der Waals surface area contributed by atoms with Crippen LogP contribution in [0.4, 0.5) is 0 Å². The fourth-order valence-electron chi connectivity index (χ4n) is 2.27. The second-order valence-electron chi connectivity index (χ2n) is 4.35. The molecule has 102 valence electrons. The molecule has 6 heteroatoms. The van der Waals surface area contributed by atoms with Gasteiger partial charge in [0.05, 0.1) is 42.2 Å². The average Bonchev–Trinajstić information content (AvgIpc) is 2.75. The summed E-state index contributed by atoms with van der Waals surface area (Å²) in [4.78, 5) is 0. The Labute approximate surface area is 116 Å². The van der Waals surface area contributed by atoms with Crippen LogP contribution < -0.4 is 5.32 Å². The maximum Gasteiger partial charge on any atom is 0.102 e. The molecule has 1 aliphatic heterocycles. The second-order valence-corrected chi connectivity index (χ2v) is 5.21. The molecule has 18 heavy (non-hydrogen) atoms. The highest BCUT2D eigenvalue weighted by Gasteiger charge is 2.29. The van der Waals surface area contributed by atoms with Crippen LogP contribution >= 0.6 is 15.9 Å². The van der Waals surface area contributed by atoms with Crippen molar-refractivity contribution in [2.24, 2.45) is 0 Å². The molecule has 0 aromatic carbocycles. The van der Waals surface area contributed by atoms with Gasteiger partial charge < -0.3 is 14.8 Å². The number of nitrogens with one attached hydrogen (secondary N) is 1. The van der Waals surface area contributed by atoms with Crippen molar-refractivity contribution in [3.8, 4) is 0 Å². The Hall–Kier alpha value is -0.430. The third kappa shape index (κ3) is 2.93. The molecule has 0 aliphatic carbocycles. The van der Waals surface area contributed by atoms with Gasteiger partial charge in [0.2, 0.25) is 0 Å². The molecule has 2 rings (SSSR count). The number of likely N-dealkylation sites (N-methyl/N-ethyl adjacent to an activating group) is 1. The molecule has 0 spiro atoms. The summed E-state index contributed by atoms with van der Waals surface area (Å²) in [5.74, 6) is 0. The van der Waals surface area contributed by atoms with E-state index in [0.29, 0.717) is 19.8 Å². The summed E-state index contributed by atoms with van der Waals surface area (Å²) < 4.78 is 14.3. The number of hydrogen-bond acceptors (Lipinski definition) is 4. The van der Waals surface area contributed by atoms with E-state index in [4.69, 9.17) is 9.47 Å². The van der Waals surface area contributed by atoms with E-state index in [1.165, 1.54) is 0 Å². The quantitative estimate of drug-likeness (QED) is 0.898. The van der Waals surface area contributed by atoms with E-state index in [1.54, 1.807) is 0 Å². The summed E-state index contributed by atoms with van der Waals surface area (Å²) in [6, 6.07) is 0.0914. The molecule has 0 bridgehead atoms. The first-order valence-electron chi connectivity index (χ1n) is 6.35. The van der Waals surface area contributed by atoms with Crippen LogP contribution in [0.1, 0.15) is 25.1 Å². The van der Waals surface area contributed by atoms with Gasteiger partial charge in [0, 0.05) is 6.54 Å². The van der Waals surface area contributed by atoms with E-state index in [1.807, 2.05) is 17.9 Å². The summed E-state index contributed by atoms with van der Waals surface area (Å²) in [7, 11) is 1.94. The van der Waals surface area contributed by atoms with E-state index < -0.39 is 0 Å². The Balaban J connectivity index is 2.22. The van der Waals surface area contributed by atoms with Crippen molar-refractivity contribution in [3.05, 3.63) is 16.4 Å². The molecule has 1 N–H and O–H groups in total. The van der Waals surface area contributed by atoms with Gasteiger partial charge in [0.15, 0.2) is 0 Å². The van der Waals surface area contributed by atoms with Gasteiger partial charge in [-0.05, 0) is 29.4 Å². The SMILES string of the molecule is CCCn1ncc(Br)c1C(NC)C1COCCO1. The molecule has 1 fully saturated rings. The summed E-state index contributed by atoms with van der Waals surface area (Å²) in [5.41, 5.74) is 1.13. The number of aromatic nitrogens is 2.